The Labute approximate surface area is 154 Å². The van der Waals surface area contributed by atoms with E-state index >= 15 is 0 Å². The van der Waals surface area contributed by atoms with Gasteiger partial charge in [-0.1, -0.05) is 67.1 Å². The lowest BCUT2D eigenvalue weighted by atomic mass is 10.2. The fraction of sp³-hybridized carbons (Fsp3) is 0.333. The minimum Gasteiger partial charge on any atom is -0.461 e. The number of ether oxygens (including phenoxy) is 2. The summed E-state index contributed by atoms with van der Waals surface area (Å²) < 4.78 is 10.3. The fourth-order valence-corrected chi connectivity index (χ4v) is 2.35. The second-order valence-corrected chi connectivity index (χ2v) is 5.95. The van der Waals surface area contributed by atoms with Crippen LogP contribution in [0.25, 0.3) is 0 Å². The zero-order chi connectivity index (χ0) is 18.5. The third kappa shape index (κ3) is 8.33. The minimum absolute atomic E-state index is 0.191. The third-order valence-electron chi connectivity index (χ3n) is 3.78. The molecule has 0 aromatic heterocycles. The van der Waals surface area contributed by atoms with Crippen LogP contribution in [0.15, 0.2) is 60.7 Å². The molecule has 0 saturated heterocycles. The van der Waals surface area contributed by atoms with Crippen LogP contribution in [-0.4, -0.2) is 18.6 Å². The number of hydrogen-bond acceptors (Lipinski definition) is 4. The Bertz CT molecular complexity index is 599. The van der Waals surface area contributed by atoms with Gasteiger partial charge in [0, 0.05) is 13.0 Å². The zero-order valence-corrected chi connectivity index (χ0v) is 14.9. The maximum atomic E-state index is 11.7. The van der Waals surface area contributed by atoms with E-state index in [1.54, 1.807) is 0 Å². The van der Waals surface area contributed by atoms with Crippen molar-refractivity contribution in [2.24, 2.45) is 0 Å². The van der Waals surface area contributed by atoms with Gasteiger partial charge >= 0.3 is 12.1 Å². The highest BCUT2D eigenvalue weighted by Gasteiger charge is 2.04. The van der Waals surface area contributed by atoms with Gasteiger partial charge in [-0.25, -0.2) is 4.79 Å². The van der Waals surface area contributed by atoms with Gasteiger partial charge in [0.2, 0.25) is 0 Å². The van der Waals surface area contributed by atoms with Crippen molar-refractivity contribution in [3.05, 3.63) is 71.8 Å². The fourth-order valence-electron chi connectivity index (χ4n) is 2.35. The Balaban J connectivity index is 1.45. The van der Waals surface area contributed by atoms with Crippen LogP contribution in [0.3, 0.4) is 0 Å². The lowest BCUT2D eigenvalue weighted by Crippen LogP contribution is -2.25. The molecule has 0 aliphatic heterocycles. The molecule has 0 spiro atoms. The molecule has 0 heterocycles. The molecule has 0 bridgehead atoms. The smallest absolute Gasteiger partial charge is 0.407 e. The number of amides is 1. The Morgan fingerprint density at radius 2 is 1.31 bits per heavy atom. The van der Waals surface area contributed by atoms with E-state index in [9.17, 15) is 9.59 Å². The molecule has 0 fully saturated rings. The van der Waals surface area contributed by atoms with Crippen LogP contribution in [0.5, 0.6) is 0 Å². The van der Waals surface area contributed by atoms with E-state index in [-0.39, 0.29) is 12.6 Å². The van der Waals surface area contributed by atoms with Crippen molar-refractivity contribution in [1.29, 1.82) is 0 Å². The van der Waals surface area contributed by atoms with Crippen molar-refractivity contribution in [3.8, 4) is 0 Å². The molecule has 1 amide bonds. The van der Waals surface area contributed by atoms with Gasteiger partial charge in [-0.3, -0.25) is 4.79 Å². The molecule has 5 heteroatoms. The van der Waals surface area contributed by atoms with Crippen LogP contribution in [0.2, 0.25) is 0 Å². The summed E-state index contributed by atoms with van der Waals surface area (Å²) in [6.07, 6.45) is 2.36. The maximum absolute atomic E-state index is 11.7. The predicted octanol–water partition coefficient (Wildman–Crippen LogP) is 4.22. The maximum Gasteiger partial charge on any atom is 0.407 e. The Morgan fingerprint density at radius 1 is 0.731 bits per heavy atom. The van der Waals surface area contributed by atoms with E-state index in [4.69, 9.17) is 9.47 Å². The van der Waals surface area contributed by atoms with Gasteiger partial charge in [0.15, 0.2) is 0 Å². The molecule has 2 aromatic carbocycles. The number of nitrogens with one attached hydrogen (secondary N) is 1. The lowest BCUT2D eigenvalue weighted by Gasteiger charge is -2.07. The summed E-state index contributed by atoms with van der Waals surface area (Å²) in [5.74, 6) is -0.191. The van der Waals surface area contributed by atoms with Gasteiger partial charge < -0.3 is 14.8 Å². The average Bonchev–Trinajstić information content (AvgIpc) is 2.69. The monoisotopic (exact) mass is 355 g/mol. The first-order valence-corrected chi connectivity index (χ1v) is 8.88. The number of carbonyl (C=O) groups excluding carboxylic acids is 2. The first-order valence-electron chi connectivity index (χ1n) is 8.88. The summed E-state index contributed by atoms with van der Waals surface area (Å²) >= 11 is 0. The van der Waals surface area contributed by atoms with Crippen molar-refractivity contribution in [3.63, 3.8) is 0 Å². The molecule has 2 rings (SSSR count). The molecule has 0 atom stereocenters. The van der Waals surface area contributed by atoms with Gasteiger partial charge in [-0.05, 0) is 24.0 Å². The van der Waals surface area contributed by atoms with Crippen LogP contribution in [0.1, 0.15) is 36.8 Å². The van der Waals surface area contributed by atoms with Crippen molar-refractivity contribution in [1.82, 2.24) is 5.32 Å². The molecular weight excluding hydrogens is 330 g/mol. The number of unbranched alkanes of at least 4 members (excludes halogenated alkanes) is 2. The standard InChI is InChI=1S/C21H25NO4/c23-20(25-16-18-10-4-1-5-11-18)14-8-3-9-15-22-21(24)26-17-19-12-6-2-7-13-19/h1-2,4-7,10-13H,3,8-9,14-17H2,(H,22,24). The van der Waals surface area contributed by atoms with Crippen LogP contribution in [0, 0.1) is 0 Å². The zero-order valence-electron chi connectivity index (χ0n) is 14.9. The van der Waals surface area contributed by atoms with Crippen molar-refractivity contribution in [2.45, 2.75) is 38.9 Å². The summed E-state index contributed by atoms with van der Waals surface area (Å²) in [6.45, 7) is 1.11. The van der Waals surface area contributed by atoms with E-state index < -0.39 is 6.09 Å². The van der Waals surface area contributed by atoms with Gasteiger partial charge in [-0.2, -0.15) is 0 Å². The SMILES string of the molecule is O=C(CCCCCNC(=O)OCc1ccccc1)OCc1ccccc1. The molecule has 0 unspecified atom stereocenters. The summed E-state index contributed by atoms with van der Waals surface area (Å²) in [5.41, 5.74) is 1.94. The van der Waals surface area contributed by atoms with Crippen molar-refractivity contribution in [2.75, 3.05) is 6.54 Å². The normalized spacial score (nSPS) is 10.2. The quantitative estimate of drug-likeness (QED) is 0.512. The molecule has 0 aliphatic carbocycles. The molecule has 0 radical (unpaired) electrons. The number of hydrogen-bond donors (Lipinski definition) is 1. The average molecular weight is 355 g/mol. The lowest BCUT2D eigenvalue weighted by molar-refractivity contribution is -0.145. The van der Waals surface area contributed by atoms with Crippen LogP contribution >= 0.6 is 0 Å². The molecule has 138 valence electrons. The highest BCUT2D eigenvalue weighted by atomic mass is 16.5. The number of carbonyl (C=O) groups is 2. The van der Waals surface area contributed by atoms with Crippen LogP contribution < -0.4 is 5.32 Å². The van der Waals surface area contributed by atoms with Crippen molar-refractivity contribution < 1.29 is 19.1 Å². The van der Waals surface area contributed by atoms with Crippen LogP contribution in [0.4, 0.5) is 4.79 Å². The molecule has 1 N–H and O–H groups in total. The molecule has 26 heavy (non-hydrogen) atoms. The number of benzene rings is 2. The molecule has 5 nitrogen and oxygen atoms in total. The second kappa shape index (κ2) is 11.7. The summed E-state index contributed by atoms with van der Waals surface area (Å²) in [7, 11) is 0. The molecular formula is C21H25NO4. The minimum atomic E-state index is -0.420. The largest absolute Gasteiger partial charge is 0.461 e. The summed E-state index contributed by atoms with van der Waals surface area (Å²) in [4.78, 5) is 23.2. The van der Waals surface area contributed by atoms with Gasteiger partial charge in [0.25, 0.3) is 0 Å². The van der Waals surface area contributed by atoms with E-state index in [0.717, 1.165) is 30.4 Å². The van der Waals surface area contributed by atoms with E-state index in [1.807, 2.05) is 60.7 Å². The summed E-state index contributed by atoms with van der Waals surface area (Å²) in [6, 6.07) is 19.2. The highest BCUT2D eigenvalue weighted by Crippen LogP contribution is 2.05. The van der Waals surface area contributed by atoms with E-state index in [2.05, 4.69) is 5.32 Å². The van der Waals surface area contributed by atoms with E-state index in [1.165, 1.54) is 0 Å². The molecule has 2 aromatic rings. The Morgan fingerprint density at radius 3 is 1.92 bits per heavy atom. The first kappa shape index (κ1) is 19.5. The highest BCUT2D eigenvalue weighted by molar-refractivity contribution is 5.69. The summed E-state index contributed by atoms with van der Waals surface area (Å²) in [5, 5.41) is 2.71. The number of rotatable bonds is 10. The number of esters is 1. The second-order valence-electron chi connectivity index (χ2n) is 5.95. The molecule has 0 aliphatic rings. The third-order valence-corrected chi connectivity index (χ3v) is 3.78. The number of alkyl carbamates (subject to hydrolysis) is 1. The van der Waals surface area contributed by atoms with E-state index in [0.29, 0.717) is 19.6 Å². The van der Waals surface area contributed by atoms with Crippen molar-refractivity contribution >= 4 is 12.1 Å². The molecule has 0 saturated carbocycles. The topological polar surface area (TPSA) is 64.6 Å². The first-order chi connectivity index (χ1) is 12.7. The predicted molar refractivity (Wildman–Crippen MR) is 99.3 cm³/mol. The van der Waals surface area contributed by atoms with Gasteiger partial charge in [0.1, 0.15) is 13.2 Å². The Kier molecular flexibility index (Phi) is 8.77. The Hall–Kier alpha value is -2.82. The van der Waals surface area contributed by atoms with Gasteiger partial charge in [-0.15, -0.1) is 0 Å². The van der Waals surface area contributed by atoms with Crippen LogP contribution in [-0.2, 0) is 27.5 Å². The van der Waals surface area contributed by atoms with Gasteiger partial charge in [0.05, 0.1) is 0 Å².